The summed E-state index contributed by atoms with van der Waals surface area (Å²) in [7, 11) is 0. The van der Waals surface area contributed by atoms with Gasteiger partial charge in [0.2, 0.25) is 0 Å². The van der Waals surface area contributed by atoms with Crippen LogP contribution in [0.15, 0.2) is 24.3 Å². The molecule has 0 aliphatic carbocycles. The van der Waals surface area contributed by atoms with E-state index in [1.165, 1.54) is 24.3 Å². The second-order valence-corrected chi connectivity index (χ2v) is 1.85. The fourth-order valence-electron chi connectivity index (χ4n) is 0.604. The van der Waals surface area contributed by atoms with E-state index in [0.29, 0.717) is 0 Å². The summed E-state index contributed by atoms with van der Waals surface area (Å²) in [5, 5.41) is 17.1. The minimum Gasteiger partial charge on any atom is -1.00 e. The Hall–Kier alpha value is -0.744. The standard InChI is InChI=1S/C7H6O3.Mg.2H/c8-6-3-1-5(2-4-6)7(9)10;;;/h1-4,8H,(H,9,10);;;/q;+2;2*-1. The van der Waals surface area contributed by atoms with Gasteiger partial charge in [0.05, 0.1) is 5.56 Å². The fourth-order valence-corrected chi connectivity index (χ4v) is 0.604. The largest absolute Gasteiger partial charge is 2.00 e. The topological polar surface area (TPSA) is 57.5 Å². The first kappa shape index (κ1) is 10.3. The predicted molar refractivity (Wildman–Crippen MR) is 43.0 cm³/mol. The van der Waals surface area contributed by atoms with Crippen LogP contribution < -0.4 is 0 Å². The molecule has 0 fully saturated rings. The third-order valence-electron chi connectivity index (χ3n) is 1.11. The zero-order valence-corrected chi connectivity index (χ0v) is 7.23. The number of carboxylic acid groups (broad SMARTS) is 1. The molecule has 0 aliphatic rings. The van der Waals surface area contributed by atoms with Gasteiger partial charge < -0.3 is 13.1 Å². The van der Waals surface area contributed by atoms with Crippen molar-refractivity contribution >= 4 is 29.0 Å². The Morgan fingerprint density at radius 2 is 1.73 bits per heavy atom. The molecule has 0 unspecified atom stereocenters. The number of hydrogen-bond acceptors (Lipinski definition) is 2. The first-order valence-corrected chi connectivity index (χ1v) is 2.72. The van der Waals surface area contributed by atoms with Gasteiger partial charge >= 0.3 is 29.0 Å². The van der Waals surface area contributed by atoms with E-state index in [0.717, 1.165) is 0 Å². The van der Waals surface area contributed by atoms with Crippen LogP contribution in [0, 0.1) is 0 Å². The normalized spacial score (nSPS) is 8.36. The van der Waals surface area contributed by atoms with Crippen molar-refractivity contribution in [3.63, 3.8) is 0 Å². The molecular formula is C7H8MgO3. The molecule has 11 heavy (non-hydrogen) atoms. The van der Waals surface area contributed by atoms with Crippen LogP contribution in [0.25, 0.3) is 0 Å². The van der Waals surface area contributed by atoms with E-state index in [-0.39, 0.29) is 37.2 Å². The number of benzene rings is 1. The Labute approximate surface area is 82.8 Å². The molecule has 56 valence electrons. The average Bonchev–Trinajstić information content (AvgIpc) is 1.88. The average molecular weight is 164 g/mol. The van der Waals surface area contributed by atoms with E-state index in [2.05, 4.69) is 0 Å². The summed E-state index contributed by atoms with van der Waals surface area (Å²) >= 11 is 0. The molecular weight excluding hydrogens is 156 g/mol. The van der Waals surface area contributed by atoms with Gasteiger partial charge in [0.15, 0.2) is 0 Å². The molecule has 0 spiro atoms. The first-order chi connectivity index (χ1) is 4.70. The van der Waals surface area contributed by atoms with Crippen LogP contribution >= 0.6 is 0 Å². The van der Waals surface area contributed by atoms with Crippen LogP contribution in [0.4, 0.5) is 0 Å². The van der Waals surface area contributed by atoms with E-state index in [1.54, 1.807) is 0 Å². The molecule has 1 aromatic carbocycles. The van der Waals surface area contributed by atoms with Crippen LogP contribution in [0.2, 0.25) is 0 Å². The van der Waals surface area contributed by atoms with Crippen LogP contribution in [0.1, 0.15) is 13.2 Å². The molecule has 0 saturated carbocycles. The molecule has 0 heterocycles. The zero-order chi connectivity index (χ0) is 7.56. The van der Waals surface area contributed by atoms with E-state index >= 15 is 0 Å². The number of aromatic hydroxyl groups is 1. The number of carbonyl (C=O) groups is 1. The van der Waals surface area contributed by atoms with Gasteiger partial charge in [-0.15, -0.1) is 0 Å². The minimum absolute atomic E-state index is 0. The van der Waals surface area contributed by atoms with E-state index < -0.39 is 5.97 Å². The van der Waals surface area contributed by atoms with Gasteiger partial charge in [-0.1, -0.05) is 0 Å². The molecule has 1 rings (SSSR count). The first-order valence-electron chi connectivity index (χ1n) is 2.72. The van der Waals surface area contributed by atoms with Crippen LogP contribution in [0.5, 0.6) is 5.75 Å². The van der Waals surface area contributed by atoms with Crippen molar-refractivity contribution in [3.05, 3.63) is 29.8 Å². The molecule has 3 nitrogen and oxygen atoms in total. The van der Waals surface area contributed by atoms with Crippen molar-refractivity contribution in [3.8, 4) is 5.75 Å². The summed E-state index contributed by atoms with van der Waals surface area (Å²) in [5.41, 5.74) is 0.179. The number of carboxylic acids is 1. The maximum absolute atomic E-state index is 10.2. The van der Waals surface area contributed by atoms with E-state index in [1.807, 2.05) is 0 Å². The van der Waals surface area contributed by atoms with Gasteiger partial charge in [-0.3, -0.25) is 0 Å². The van der Waals surface area contributed by atoms with Crippen molar-refractivity contribution in [1.82, 2.24) is 0 Å². The number of phenols is 1. The zero-order valence-electron chi connectivity index (χ0n) is 7.82. The van der Waals surface area contributed by atoms with Gasteiger partial charge in [-0.05, 0) is 24.3 Å². The SMILES string of the molecule is O=C(O)c1ccc(O)cc1.[H-].[H-].[Mg+2]. The van der Waals surface area contributed by atoms with Gasteiger partial charge in [-0.2, -0.15) is 0 Å². The number of aromatic carboxylic acids is 1. The Morgan fingerprint density at radius 1 is 1.27 bits per heavy atom. The molecule has 1 aromatic rings. The van der Waals surface area contributed by atoms with Crippen molar-refractivity contribution in [1.29, 1.82) is 0 Å². The Balaban J connectivity index is -0.000000333. The number of rotatable bonds is 1. The predicted octanol–water partition coefficient (Wildman–Crippen LogP) is 0.935. The van der Waals surface area contributed by atoms with Crippen molar-refractivity contribution in [2.45, 2.75) is 0 Å². The van der Waals surface area contributed by atoms with Gasteiger partial charge in [-0.25, -0.2) is 4.79 Å². The molecule has 0 bridgehead atoms. The molecule has 2 N–H and O–H groups in total. The van der Waals surface area contributed by atoms with Crippen molar-refractivity contribution < 1.29 is 17.9 Å². The fraction of sp³-hybridized carbons (Fsp3) is 0. The third-order valence-corrected chi connectivity index (χ3v) is 1.11. The summed E-state index contributed by atoms with van der Waals surface area (Å²) in [4.78, 5) is 10.2. The molecule has 0 atom stereocenters. The summed E-state index contributed by atoms with van der Waals surface area (Å²) in [6.07, 6.45) is 0. The van der Waals surface area contributed by atoms with Gasteiger partial charge in [0.25, 0.3) is 0 Å². The maximum atomic E-state index is 10.2. The summed E-state index contributed by atoms with van der Waals surface area (Å²) in [6.45, 7) is 0. The van der Waals surface area contributed by atoms with Crippen LogP contribution in [0.3, 0.4) is 0 Å². The molecule has 0 amide bonds. The molecule has 4 heteroatoms. The smallest absolute Gasteiger partial charge is 1.00 e. The monoisotopic (exact) mass is 164 g/mol. The second kappa shape index (κ2) is 4.20. The van der Waals surface area contributed by atoms with E-state index in [9.17, 15) is 4.79 Å². The molecule has 0 radical (unpaired) electrons. The Kier molecular flexibility index (Phi) is 3.92. The summed E-state index contributed by atoms with van der Waals surface area (Å²) in [6, 6.07) is 5.36. The minimum atomic E-state index is -0.986. The van der Waals surface area contributed by atoms with Gasteiger partial charge in [0.1, 0.15) is 5.75 Å². The maximum Gasteiger partial charge on any atom is 2.00 e. The van der Waals surface area contributed by atoms with Crippen LogP contribution in [-0.2, 0) is 0 Å². The number of hydrogen-bond donors (Lipinski definition) is 2. The van der Waals surface area contributed by atoms with Gasteiger partial charge in [0, 0.05) is 0 Å². The Morgan fingerprint density at radius 3 is 2.09 bits per heavy atom. The van der Waals surface area contributed by atoms with Crippen LogP contribution in [-0.4, -0.2) is 39.2 Å². The van der Waals surface area contributed by atoms with Crippen molar-refractivity contribution in [2.24, 2.45) is 0 Å². The summed E-state index contributed by atoms with van der Waals surface area (Å²) < 4.78 is 0. The molecule has 0 aromatic heterocycles. The molecule has 0 aliphatic heterocycles. The molecule has 0 saturated heterocycles. The Bertz CT molecular complexity index is 250. The second-order valence-electron chi connectivity index (χ2n) is 1.85. The van der Waals surface area contributed by atoms with Crippen molar-refractivity contribution in [2.75, 3.05) is 0 Å². The quantitative estimate of drug-likeness (QED) is 0.607. The third kappa shape index (κ3) is 2.77. The number of phenolic OH excluding ortho intramolecular Hbond substituents is 1. The summed E-state index contributed by atoms with van der Waals surface area (Å²) in [5.74, 6) is -0.912. The van der Waals surface area contributed by atoms with E-state index in [4.69, 9.17) is 10.2 Å².